The number of carbonyl (C=O) groups is 1. The highest BCUT2D eigenvalue weighted by molar-refractivity contribution is 5.92. The van der Waals surface area contributed by atoms with E-state index in [-0.39, 0.29) is 12.5 Å². The van der Waals surface area contributed by atoms with Crippen LogP contribution in [0.15, 0.2) is 30.5 Å². The van der Waals surface area contributed by atoms with Gasteiger partial charge in [-0.1, -0.05) is 24.3 Å². The highest BCUT2D eigenvalue weighted by Crippen LogP contribution is 2.19. The summed E-state index contributed by atoms with van der Waals surface area (Å²) in [5, 5.41) is 13.2. The minimum atomic E-state index is 0.138. The van der Waals surface area contributed by atoms with E-state index in [0.717, 1.165) is 36.7 Å². The number of hydrogen-bond donors (Lipinski definition) is 1. The van der Waals surface area contributed by atoms with E-state index in [0.29, 0.717) is 5.82 Å². The van der Waals surface area contributed by atoms with Gasteiger partial charge in [0.05, 0.1) is 12.7 Å². The summed E-state index contributed by atoms with van der Waals surface area (Å²) in [5.74, 6) is 0.813. The van der Waals surface area contributed by atoms with Gasteiger partial charge >= 0.3 is 0 Å². The average molecular weight is 270 g/mol. The Morgan fingerprint density at radius 2 is 2.00 bits per heavy atom. The maximum atomic E-state index is 12.1. The number of likely N-dealkylation sites (tertiary alicyclic amines) is 1. The van der Waals surface area contributed by atoms with Crippen LogP contribution in [0.1, 0.15) is 19.3 Å². The first-order chi connectivity index (χ1) is 9.84. The highest BCUT2D eigenvalue weighted by atomic mass is 16.2. The van der Waals surface area contributed by atoms with Gasteiger partial charge in [-0.15, -0.1) is 5.10 Å². The second kappa shape index (κ2) is 5.86. The van der Waals surface area contributed by atoms with Crippen molar-refractivity contribution in [1.82, 2.24) is 15.1 Å². The molecule has 5 nitrogen and oxygen atoms in total. The first kappa shape index (κ1) is 12.8. The third kappa shape index (κ3) is 2.71. The van der Waals surface area contributed by atoms with E-state index in [2.05, 4.69) is 15.5 Å². The highest BCUT2D eigenvalue weighted by Gasteiger charge is 2.16. The van der Waals surface area contributed by atoms with E-state index in [1.54, 1.807) is 6.20 Å². The lowest BCUT2D eigenvalue weighted by Crippen LogP contribution is -2.39. The normalized spacial score (nSPS) is 15.3. The number of hydrogen-bond acceptors (Lipinski definition) is 4. The van der Waals surface area contributed by atoms with Crippen LogP contribution >= 0.6 is 0 Å². The van der Waals surface area contributed by atoms with Gasteiger partial charge in [0.15, 0.2) is 5.82 Å². The van der Waals surface area contributed by atoms with Crippen molar-refractivity contribution in [3.8, 4) is 0 Å². The maximum absolute atomic E-state index is 12.1. The second-order valence-corrected chi connectivity index (χ2v) is 5.08. The SMILES string of the molecule is O=C(CNc1nncc2ccccc12)N1CCCCC1. The monoisotopic (exact) mass is 270 g/mol. The van der Waals surface area contributed by atoms with Crippen LogP contribution in [-0.4, -0.2) is 40.6 Å². The Hall–Kier alpha value is -2.17. The molecule has 1 aromatic carbocycles. The zero-order chi connectivity index (χ0) is 13.8. The van der Waals surface area contributed by atoms with Crippen LogP contribution in [0.25, 0.3) is 10.8 Å². The molecule has 3 rings (SSSR count). The number of rotatable bonds is 3. The minimum Gasteiger partial charge on any atom is -0.359 e. The first-order valence-electron chi connectivity index (χ1n) is 7.07. The van der Waals surface area contributed by atoms with Crippen LogP contribution in [-0.2, 0) is 4.79 Å². The molecule has 5 heteroatoms. The van der Waals surface area contributed by atoms with Crippen molar-refractivity contribution in [1.29, 1.82) is 0 Å². The Morgan fingerprint density at radius 3 is 2.85 bits per heavy atom. The smallest absolute Gasteiger partial charge is 0.241 e. The minimum absolute atomic E-state index is 0.138. The number of amides is 1. The number of fused-ring (bicyclic) bond motifs is 1. The molecule has 0 aliphatic carbocycles. The summed E-state index contributed by atoms with van der Waals surface area (Å²) in [6.07, 6.45) is 5.18. The van der Waals surface area contributed by atoms with Crippen LogP contribution in [0.4, 0.5) is 5.82 Å². The van der Waals surface area contributed by atoms with E-state index in [1.165, 1.54) is 6.42 Å². The van der Waals surface area contributed by atoms with Crippen molar-refractivity contribution >= 4 is 22.5 Å². The second-order valence-electron chi connectivity index (χ2n) is 5.08. The molecular formula is C15H18N4O. The summed E-state index contributed by atoms with van der Waals surface area (Å²) in [7, 11) is 0. The predicted molar refractivity (Wildman–Crippen MR) is 78.5 cm³/mol. The summed E-state index contributed by atoms with van der Waals surface area (Å²) in [6, 6.07) is 7.90. The summed E-state index contributed by atoms with van der Waals surface area (Å²) in [6.45, 7) is 2.03. The van der Waals surface area contributed by atoms with Crippen LogP contribution < -0.4 is 5.32 Å². The lowest BCUT2D eigenvalue weighted by atomic mass is 10.1. The van der Waals surface area contributed by atoms with Crippen molar-refractivity contribution in [2.24, 2.45) is 0 Å². The molecule has 0 atom stereocenters. The van der Waals surface area contributed by atoms with Crippen molar-refractivity contribution in [2.45, 2.75) is 19.3 Å². The zero-order valence-electron chi connectivity index (χ0n) is 11.4. The van der Waals surface area contributed by atoms with Crippen molar-refractivity contribution < 1.29 is 4.79 Å². The molecule has 2 heterocycles. The maximum Gasteiger partial charge on any atom is 0.241 e. The number of piperidine rings is 1. The van der Waals surface area contributed by atoms with Gasteiger partial charge < -0.3 is 10.2 Å². The molecule has 0 saturated carbocycles. The topological polar surface area (TPSA) is 58.1 Å². The number of nitrogens with zero attached hydrogens (tertiary/aromatic N) is 3. The van der Waals surface area contributed by atoms with Crippen LogP contribution in [0.2, 0.25) is 0 Å². The molecule has 1 fully saturated rings. The van der Waals surface area contributed by atoms with Gasteiger partial charge in [-0.3, -0.25) is 4.79 Å². The molecule has 0 unspecified atom stereocenters. The molecule has 1 aromatic heterocycles. The standard InChI is InChI=1S/C15H18N4O/c20-14(19-8-4-1-5-9-19)11-16-15-13-7-3-2-6-12(13)10-17-18-15/h2-3,6-7,10H,1,4-5,8-9,11H2,(H,16,18). The number of benzene rings is 1. The summed E-state index contributed by atoms with van der Waals surface area (Å²) < 4.78 is 0. The molecule has 1 aliphatic rings. The Labute approximate surface area is 118 Å². The average Bonchev–Trinajstić information content (AvgIpc) is 2.53. The molecular weight excluding hydrogens is 252 g/mol. The summed E-state index contributed by atoms with van der Waals surface area (Å²) in [5.41, 5.74) is 0. The molecule has 104 valence electrons. The molecule has 1 amide bonds. The fraction of sp³-hybridized carbons (Fsp3) is 0.400. The fourth-order valence-electron chi connectivity index (χ4n) is 2.57. The van der Waals surface area contributed by atoms with Gasteiger partial charge in [0.25, 0.3) is 0 Å². The molecule has 1 aliphatic heterocycles. The van der Waals surface area contributed by atoms with Crippen LogP contribution in [0.5, 0.6) is 0 Å². The quantitative estimate of drug-likeness (QED) is 0.927. The van der Waals surface area contributed by atoms with E-state index in [1.807, 2.05) is 29.2 Å². The number of carbonyl (C=O) groups excluding carboxylic acids is 1. The Kier molecular flexibility index (Phi) is 3.76. The van der Waals surface area contributed by atoms with E-state index < -0.39 is 0 Å². The van der Waals surface area contributed by atoms with Gasteiger partial charge in [0.2, 0.25) is 5.91 Å². The molecule has 0 bridgehead atoms. The van der Waals surface area contributed by atoms with Gasteiger partial charge in [-0.05, 0) is 19.3 Å². The first-order valence-corrected chi connectivity index (χ1v) is 7.07. The lowest BCUT2D eigenvalue weighted by molar-refractivity contribution is -0.130. The Bertz CT molecular complexity index is 602. The summed E-state index contributed by atoms with van der Waals surface area (Å²) in [4.78, 5) is 14.0. The molecule has 1 N–H and O–H groups in total. The summed E-state index contributed by atoms with van der Waals surface area (Å²) >= 11 is 0. The van der Waals surface area contributed by atoms with E-state index >= 15 is 0 Å². The molecule has 0 radical (unpaired) electrons. The Morgan fingerprint density at radius 1 is 1.20 bits per heavy atom. The molecule has 1 saturated heterocycles. The van der Waals surface area contributed by atoms with Gasteiger partial charge in [0, 0.05) is 23.9 Å². The van der Waals surface area contributed by atoms with Gasteiger partial charge in [0.1, 0.15) is 0 Å². The number of aromatic nitrogens is 2. The fourth-order valence-corrected chi connectivity index (χ4v) is 2.57. The third-order valence-electron chi connectivity index (χ3n) is 3.69. The molecule has 0 spiro atoms. The van der Waals surface area contributed by atoms with Gasteiger partial charge in [-0.2, -0.15) is 5.10 Å². The molecule has 2 aromatic rings. The van der Waals surface area contributed by atoms with Crippen molar-refractivity contribution in [3.63, 3.8) is 0 Å². The largest absolute Gasteiger partial charge is 0.359 e. The van der Waals surface area contributed by atoms with Crippen molar-refractivity contribution in [2.75, 3.05) is 25.0 Å². The lowest BCUT2D eigenvalue weighted by Gasteiger charge is -2.26. The number of anilines is 1. The number of nitrogens with one attached hydrogen (secondary N) is 1. The van der Waals surface area contributed by atoms with E-state index in [4.69, 9.17) is 0 Å². The van der Waals surface area contributed by atoms with E-state index in [9.17, 15) is 4.79 Å². The predicted octanol–water partition coefficient (Wildman–Crippen LogP) is 2.05. The zero-order valence-corrected chi connectivity index (χ0v) is 11.4. The van der Waals surface area contributed by atoms with Crippen LogP contribution in [0.3, 0.4) is 0 Å². The van der Waals surface area contributed by atoms with Gasteiger partial charge in [-0.25, -0.2) is 0 Å². The Balaban J connectivity index is 1.69. The molecule has 20 heavy (non-hydrogen) atoms. The van der Waals surface area contributed by atoms with Crippen molar-refractivity contribution in [3.05, 3.63) is 30.5 Å². The third-order valence-corrected chi connectivity index (χ3v) is 3.69. The van der Waals surface area contributed by atoms with Crippen LogP contribution in [0, 0.1) is 0 Å².